The molecule has 1 saturated carbocycles. The van der Waals surface area contributed by atoms with Gasteiger partial charge in [0.1, 0.15) is 0 Å². The standard InChI is InChI=1S/C17H26N2O3S/c1-3-11-18-23(21,22)15-10-9-13(2)16(12-15)17(20)19-14-7-5-4-6-8-14/h9-10,12,14,18H,3-8,11H2,1-2H3,(H,19,20). The van der Waals surface area contributed by atoms with E-state index in [9.17, 15) is 13.2 Å². The van der Waals surface area contributed by atoms with Crippen molar-refractivity contribution in [3.63, 3.8) is 0 Å². The molecule has 1 aromatic rings. The van der Waals surface area contributed by atoms with Crippen LogP contribution in [0.2, 0.25) is 0 Å². The van der Waals surface area contributed by atoms with Crippen LogP contribution in [0.4, 0.5) is 0 Å². The Hall–Kier alpha value is -1.40. The fourth-order valence-electron chi connectivity index (χ4n) is 2.84. The van der Waals surface area contributed by atoms with Crippen LogP contribution in [-0.4, -0.2) is 26.9 Å². The Balaban J connectivity index is 2.17. The van der Waals surface area contributed by atoms with E-state index in [1.54, 1.807) is 12.1 Å². The van der Waals surface area contributed by atoms with E-state index in [4.69, 9.17) is 0 Å². The largest absolute Gasteiger partial charge is 0.349 e. The molecule has 1 aliphatic rings. The zero-order valence-electron chi connectivity index (χ0n) is 13.9. The molecule has 1 aliphatic carbocycles. The first-order valence-electron chi connectivity index (χ1n) is 8.35. The fourth-order valence-corrected chi connectivity index (χ4v) is 4.00. The minimum Gasteiger partial charge on any atom is -0.349 e. The Labute approximate surface area is 138 Å². The van der Waals surface area contributed by atoms with Crippen LogP contribution in [0.25, 0.3) is 0 Å². The van der Waals surface area contributed by atoms with Gasteiger partial charge in [-0.2, -0.15) is 0 Å². The predicted octanol–water partition coefficient (Wildman–Crippen LogP) is 2.75. The minimum atomic E-state index is -3.56. The topological polar surface area (TPSA) is 75.3 Å². The average Bonchev–Trinajstić information content (AvgIpc) is 2.54. The van der Waals surface area contributed by atoms with Gasteiger partial charge in [0.15, 0.2) is 0 Å². The third kappa shape index (κ3) is 4.78. The number of benzene rings is 1. The van der Waals surface area contributed by atoms with Crippen LogP contribution < -0.4 is 10.0 Å². The molecule has 0 bridgehead atoms. The number of hydrogen-bond donors (Lipinski definition) is 2. The van der Waals surface area contributed by atoms with E-state index in [2.05, 4.69) is 10.0 Å². The highest BCUT2D eigenvalue weighted by atomic mass is 32.2. The molecule has 1 aromatic carbocycles. The fraction of sp³-hybridized carbons (Fsp3) is 0.588. The lowest BCUT2D eigenvalue weighted by Gasteiger charge is -2.23. The molecule has 1 fully saturated rings. The Morgan fingerprint density at radius 1 is 1.22 bits per heavy atom. The highest BCUT2D eigenvalue weighted by Crippen LogP contribution is 2.20. The number of amides is 1. The molecule has 6 heteroatoms. The summed E-state index contributed by atoms with van der Waals surface area (Å²) < 4.78 is 27.0. The summed E-state index contributed by atoms with van der Waals surface area (Å²) >= 11 is 0. The normalized spacial score (nSPS) is 16.3. The zero-order chi connectivity index (χ0) is 16.9. The van der Waals surface area contributed by atoms with Gasteiger partial charge in [-0.05, 0) is 43.9 Å². The summed E-state index contributed by atoms with van der Waals surface area (Å²) in [7, 11) is -3.56. The van der Waals surface area contributed by atoms with Gasteiger partial charge >= 0.3 is 0 Å². The molecule has 0 saturated heterocycles. The lowest BCUT2D eigenvalue weighted by atomic mass is 9.95. The first-order chi connectivity index (χ1) is 10.9. The highest BCUT2D eigenvalue weighted by Gasteiger charge is 2.20. The highest BCUT2D eigenvalue weighted by molar-refractivity contribution is 7.89. The molecule has 23 heavy (non-hydrogen) atoms. The molecular weight excluding hydrogens is 312 g/mol. The second-order valence-corrected chi connectivity index (χ2v) is 7.95. The molecule has 0 radical (unpaired) electrons. The molecule has 5 nitrogen and oxygen atoms in total. The van der Waals surface area contributed by atoms with Crippen LogP contribution in [0.5, 0.6) is 0 Å². The summed E-state index contributed by atoms with van der Waals surface area (Å²) in [5, 5.41) is 3.04. The molecule has 0 unspecified atom stereocenters. The van der Waals surface area contributed by atoms with Crippen molar-refractivity contribution in [2.45, 2.75) is 63.3 Å². The van der Waals surface area contributed by atoms with Crippen molar-refractivity contribution in [2.24, 2.45) is 0 Å². The van der Waals surface area contributed by atoms with E-state index >= 15 is 0 Å². The van der Waals surface area contributed by atoms with Gasteiger partial charge in [0.25, 0.3) is 5.91 Å². The van der Waals surface area contributed by atoms with Crippen LogP contribution in [0.15, 0.2) is 23.1 Å². The maximum atomic E-state index is 12.5. The SMILES string of the molecule is CCCNS(=O)(=O)c1ccc(C)c(C(=O)NC2CCCCC2)c1. The molecule has 128 valence electrons. The maximum absolute atomic E-state index is 12.5. The molecule has 0 aromatic heterocycles. The van der Waals surface area contributed by atoms with E-state index in [0.29, 0.717) is 12.1 Å². The van der Waals surface area contributed by atoms with Crippen molar-refractivity contribution >= 4 is 15.9 Å². The van der Waals surface area contributed by atoms with E-state index in [1.165, 1.54) is 12.5 Å². The number of carbonyl (C=O) groups is 1. The Morgan fingerprint density at radius 3 is 2.57 bits per heavy atom. The van der Waals surface area contributed by atoms with Crippen molar-refractivity contribution in [3.05, 3.63) is 29.3 Å². The van der Waals surface area contributed by atoms with Crippen molar-refractivity contribution in [1.29, 1.82) is 0 Å². The second-order valence-electron chi connectivity index (χ2n) is 6.18. The minimum absolute atomic E-state index is 0.144. The van der Waals surface area contributed by atoms with Crippen LogP contribution in [0, 0.1) is 6.92 Å². The van der Waals surface area contributed by atoms with Gasteiger partial charge in [0.05, 0.1) is 4.90 Å². The lowest BCUT2D eigenvalue weighted by Crippen LogP contribution is -2.36. The third-order valence-electron chi connectivity index (χ3n) is 4.25. The molecule has 1 amide bonds. The summed E-state index contributed by atoms with van der Waals surface area (Å²) in [6, 6.07) is 4.92. The summed E-state index contributed by atoms with van der Waals surface area (Å²) in [5.41, 5.74) is 1.22. The lowest BCUT2D eigenvalue weighted by molar-refractivity contribution is 0.0927. The molecule has 0 heterocycles. The van der Waals surface area contributed by atoms with E-state index in [0.717, 1.165) is 37.7 Å². The second kappa shape index (κ2) is 7.93. The molecule has 0 spiro atoms. The van der Waals surface area contributed by atoms with E-state index in [-0.39, 0.29) is 16.8 Å². The number of hydrogen-bond acceptors (Lipinski definition) is 3. The predicted molar refractivity (Wildman–Crippen MR) is 91.0 cm³/mol. The van der Waals surface area contributed by atoms with Crippen LogP contribution in [-0.2, 0) is 10.0 Å². The van der Waals surface area contributed by atoms with Crippen molar-refractivity contribution in [1.82, 2.24) is 10.0 Å². The first-order valence-corrected chi connectivity index (χ1v) is 9.83. The monoisotopic (exact) mass is 338 g/mol. The van der Waals surface area contributed by atoms with Crippen LogP contribution >= 0.6 is 0 Å². The van der Waals surface area contributed by atoms with Gasteiger partial charge in [-0.15, -0.1) is 0 Å². The summed E-state index contributed by atoms with van der Waals surface area (Å²) in [6.45, 7) is 4.12. The Morgan fingerprint density at radius 2 is 1.91 bits per heavy atom. The maximum Gasteiger partial charge on any atom is 0.251 e. The van der Waals surface area contributed by atoms with E-state index < -0.39 is 10.0 Å². The van der Waals surface area contributed by atoms with E-state index in [1.807, 2.05) is 13.8 Å². The number of carbonyl (C=O) groups excluding carboxylic acids is 1. The molecule has 0 atom stereocenters. The first kappa shape index (κ1) is 17.9. The van der Waals surface area contributed by atoms with Crippen molar-refractivity contribution in [3.8, 4) is 0 Å². The molecule has 2 N–H and O–H groups in total. The van der Waals surface area contributed by atoms with Crippen LogP contribution in [0.1, 0.15) is 61.4 Å². The number of nitrogens with one attached hydrogen (secondary N) is 2. The smallest absolute Gasteiger partial charge is 0.251 e. The molecular formula is C17H26N2O3S. The van der Waals surface area contributed by atoms with Crippen LogP contribution in [0.3, 0.4) is 0 Å². The van der Waals surface area contributed by atoms with Gasteiger partial charge in [-0.25, -0.2) is 13.1 Å². The summed E-state index contributed by atoms with van der Waals surface area (Å²) in [4.78, 5) is 12.6. The quantitative estimate of drug-likeness (QED) is 0.837. The Kier molecular flexibility index (Phi) is 6.18. The van der Waals surface area contributed by atoms with Gasteiger partial charge < -0.3 is 5.32 Å². The number of aryl methyl sites for hydroxylation is 1. The van der Waals surface area contributed by atoms with Crippen molar-refractivity contribution < 1.29 is 13.2 Å². The average molecular weight is 338 g/mol. The zero-order valence-corrected chi connectivity index (χ0v) is 14.7. The van der Waals surface area contributed by atoms with Gasteiger partial charge in [0.2, 0.25) is 10.0 Å². The van der Waals surface area contributed by atoms with Gasteiger partial charge in [0, 0.05) is 18.2 Å². The molecule has 2 rings (SSSR count). The summed E-state index contributed by atoms with van der Waals surface area (Å²) in [5.74, 6) is -0.179. The number of rotatable bonds is 6. The van der Waals surface area contributed by atoms with Gasteiger partial charge in [-0.3, -0.25) is 4.79 Å². The summed E-state index contributed by atoms with van der Waals surface area (Å²) in [6.07, 6.45) is 6.22. The number of sulfonamides is 1. The molecule has 0 aliphatic heterocycles. The Bertz CT molecular complexity index is 650. The van der Waals surface area contributed by atoms with Crippen molar-refractivity contribution in [2.75, 3.05) is 6.54 Å². The van der Waals surface area contributed by atoms with Gasteiger partial charge in [-0.1, -0.05) is 32.3 Å². The third-order valence-corrected chi connectivity index (χ3v) is 5.71.